The lowest BCUT2D eigenvalue weighted by Gasteiger charge is -2.14. The fourth-order valence-corrected chi connectivity index (χ4v) is 2.85. The third-order valence-electron chi connectivity index (χ3n) is 3.43. The molecule has 0 aliphatic heterocycles. The zero-order chi connectivity index (χ0) is 17.8. The van der Waals surface area contributed by atoms with Gasteiger partial charge in [0, 0.05) is 5.02 Å². The summed E-state index contributed by atoms with van der Waals surface area (Å²) in [6.07, 6.45) is -0.666. The summed E-state index contributed by atoms with van der Waals surface area (Å²) in [5, 5.41) is 9.21. The molecule has 25 heavy (non-hydrogen) atoms. The normalized spacial score (nSPS) is 12.0. The van der Waals surface area contributed by atoms with E-state index in [-0.39, 0.29) is 12.5 Å². The molecular formula is C17H16ClN3O3S. The molecule has 6 nitrogen and oxygen atoms in total. The van der Waals surface area contributed by atoms with Crippen molar-refractivity contribution in [1.82, 2.24) is 15.5 Å². The molecule has 1 amide bonds. The third kappa shape index (κ3) is 4.37. The second-order valence-electron chi connectivity index (χ2n) is 5.38. The predicted molar refractivity (Wildman–Crippen MR) is 95.7 cm³/mol. The molecule has 0 aliphatic carbocycles. The maximum atomic E-state index is 12.2. The van der Waals surface area contributed by atoms with E-state index in [4.69, 9.17) is 20.9 Å². The van der Waals surface area contributed by atoms with Crippen LogP contribution in [0.3, 0.4) is 0 Å². The maximum Gasteiger partial charge on any atom is 0.261 e. The van der Waals surface area contributed by atoms with Crippen LogP contribution in [-0.2, 0) is 11.3 Å². The van der Waals surface area contributed by atoms with Crippen LogP contribution >= 0.6 is 22.9 Å². The molecular weight excluding hydrogens is 362 g/mol. The van der Waals surface area contributed by atoms with E-state index < -0.39 is 6.10 Å². The number of thiophene rings is 1. The molecule has 2 heterocycles. The highest BCUT2D eigenvalue weighted by Gasteiger charge is 2.16. The van der Waals surface area contributed by atoms with Gasteiger partial charge in [-0.2, -0.15) is 4.98 Å². The average Bonchev–Trinajstić information content (AvgIpc) is 3.26. The van der Waals surface area contributed by atoms with Crippen molar-refractivity contribution < 1.29 is 14.1 Å². The van der Waals surface area contributed by atoms with E-state index in [1.807, 2.05) is 24.4 Å². The standard InChI is InChI=1S/C17H16ClN3O3S/c1-10-8-12(5-6-13(10)18)23-11(2)17(22)19-9-15-20-16(21-24-15)14-4-3-7-25-14/h3-8,11H,9H2,1-2H3,(H,19,22)/t11-/m0/s1. The Kier molecular flexibility index (Phi) is 5.35. The first kappa shape index (κ1) is 17.4. The highest BCUT2D eigenvalue weighted by Crippen LogP contribution is 2.22. The van der Waals surface area contributed by atoms with Gasteiger partial charge < -0.3 is 14.6 Å². The smallest absolute Gasteiger partial charge is 0.261 e. The summed E-state index contributed by atoms with van der Waals surface area (Å²) in [6, 6.07) is 9.07. The van der Waals surface area contributed by atoms with Crippen LogP contribution in [0.25, 0.3) is 10.7 Å². The summed E-state index contributed by atoms with van der Waals surface area (Å²) in [5.74, 6) is 1.16. The molecule has 1 aromatic carbocycles. The number of hydrogen-bond donors (Lipinski definition) is 1. The van der Waals surface area contributed by atoms with Crippen LogP contribution in [0.5, 0.6) is 5.75 Å². The minimum atomic E-state index is -0.666. The zero-order valence-electron chi connectivity index (χ0n) is 13.7. The van der Waals surface area contributed by atoms with Gasteiger partial charge in [-0.1, -0.05) is 22.8 Å². The van der Waals surface area contributed by atoms with Crippen molar-refractivity contribution in [2.45, 2.75) is 26.5 Å². The minimum absolute atomic E-state index is 0.143. The van der Waals surface area contributed by atoms with Gasteiger partial charge in [0.1, 0.15) is 5.75 Å². The summed E-state index contributed by atoms with van der Waals surface area (Å²) in [5.41, 5.74) is 0.888. The Morgan fingerprint density at radius 2 is 2.28 bits per heavy atom. The van der Waals surface area contributed by atoms with Gasteiger partial charge in [0.15, 0.2) is 6.10 Å². The number of aryl methyl sites for hydroxylation is 1. The molecule has 0 unspecified atom stereocenters. The molecule has 3 rings (SSSR count). The molecule has 1 N–H and O–H groups in total. The lowest BCUT2D eigenvalue weighted by atomic mass is 10.2. The van der Waals surface area contributed by atoms with Crippen molar-refractivity contribution in [1.29, 1.82) is 0 Å². The van der Waals surface area contributed by atoms with Crippen molar-refractivity contribution in [3.8, 4) is 16.5 Å². The second-order valence-corrected chi connectivity index (χ2v) is 6.73. The number of benzene rings is 1. The number of ether oxygens (including phenoxy) is 1. The van der Waals surface area contributed by atoms with Crippen LogP contribution in [0, 0.1) is 6.92 Å². The number of halogens is 1. The highest BCUT2D eigenvalue weighted by molar-refractivity contribution is 7.13. The van der Waals surface area contributed by atoms with Gasteiger partial charge >= 0.3 is 0 Å². The van der Waals surface area contributed by atoms with Crippen molar-refractivity contribution >= 4 is 28.8 Å². The number of carbonyl (C=O) groups excluding carboxylic acids is 1. The lowest BCUT2D eigenvalue weighted by Crippen LogP contribution is -2.36. The third-order valence-corrected chi connectivity index (χ3v) is 4.72. The van der Waals surface area contributed by atoms with Gasteiger partial charge in [-0.15, -0.1) is 11.3 Å². The summed E-state index contributed by atoms with van der Waals surface area (Å²) in [4.78, 5) is 17.3. The fourth-order valence-electron chi connectivity index (χ4n) is 2.09. The minimum Gasteiger partial charge on any atom is -0.481 e. The summed E-state index contributed by atoms with van der Waals surface area (Å²) in [6.45, 7) is 3.69. The molecule has 1 atom stereocenters. The molecule has 0 radical (unpaired) electrons. The Morgan fingerprint density at radius 1 is 1.44 bits per heavy atom. The SMILES string of the molecule is Cc1cc(O[C@@H](C)C(=O)NCc2nc(-c3cccs3)no2)ccc1Cl. The average molecular weight is 378 g/mol. The molecule has 0 aliphatic rings. The molecule has 8 heteroatoms. The first-order chi connectivity index (χ1) is 12.0. The molecule has 0 saturated carbocycles. The van der Waals surface area contributed by atoms with Gasteiger partial charge in [0.05, 0.1) is 11.4 Å². The number of aromatic nitrogens is 2. The molecule has 2 aromatic heterocycles. The van der Waals surface area contributed by atoms with Crippen molar-refractivity contribution in [3.63, 3.8) is 0 Å². The number of rotatable bonds is 6. The van der Waals surface area contributed by atoms with Crippen LogP contribution < -0.4 is 10.1 Å². The van der Waals surface area contributed by atoms with Gasteiger partial charge in [-0.3, -0.25) is 4.79 Å². The number of amides is 1. The van der Waals surface area contributed by atoms with Crippen LogP contribution in [0.2, 0.25) is 5.02 Å². The molecule has 3 aromatic rings. The number of carbonyl (C=O) groups is 1. The topological polar surface area (TPSA) is 77.2 Å². The van der Waals surface area contributed by atoms with Gasteiger partial charge in [0.2, 0.25) is 11.7 Å². The van der Waals surface area contributed by atoms with Crippen molar-refractivity contribution in [2.24, 2.45) is 0 Å². The van der Waals surface area contributed by atoms with Gasteiger partial charge in [-0.05, 0) is 49.1 Å². The van der Waals surface area contributed by atoms with Crippen LogP contribution in [-0.4, -0.2) is 22.2 Å². The number of nitrogens with zero attached hydrogens (tertiary/aromatic N) is 2. The van der Waals surface area contributed by atoms with E-state index in [0.29, 0.717) is 22.5 Å². The van der Waals surface area contributed by atoms with E-state index in [1.54, 1.807) is 25.1 Å². The Bertz CT molecular complexity index is 864. The van der Waals surface area contributed by atoms with Crippen LogP contribution in [0.15, 0.2) is 40.2 Å². The first-order valence-electron chi connectivity index (χ1n) is 7.60. The predicted octanol–water partition coefficient (Wildman–Crippen LogP) is 3.84. The van der Waals surface area contributed by atoms with Crippen molar-refractivity contribution in [3.05, 3.63) is 52.2 Å². The summed E-state index contributed by atoms with van der Waals surface area (Å²) >= 11 is 7.50. The van der Waals surface area contributed by atoms with E-state index in [0.717, 1.165) is 10.4 Å². The molecule has 130 valence electrons. The number of hydrogen-bond acceptors (Lipinski definition) is 6. The largest absolute Gasteiger partial charge is 0.481 e. The van der Waals surface area contributed by atoms with E-state index in [2.05, 4.69) is 15.5 Å². The first-order valence-corrected chi connectivity index (χ1v) is 8.85. The van der Waals surface area contributed by atoms with Crippen LogP contribution in [0.1, 0.15) is 18.4 Å². The molecule has 0 bridgehead atoms. The molecule has 0 fully saturated rings. The van der Waals surface area contributed by atoms with E-state index in [1.165, 1.54) is 11.3 Å². The monoisotopic (exact) mass is 377 g/mol. The fraction of sp³-hybridized carbons (Fsp3) is 0.235. The highest BCUT2D eigenvalue weighted by atomic mass is 35.5. The quantitative estimate of drug-likeness (QED) is 0.706. The van der Waals surface area contributed by atoms with Crippen LogP contribution in [0.4, 0.5) is 0 Å². The number of nitrogens with one attached hydrogen (secondary N) is 1. The van der Waals surface area contributed by atoms with Gasteiger partial charge in [-0.25, -0.2) is 0 Å². The Morgan fingerprint density at radius 3 is 3.00 bits per heavy atom. The van der Waals surface area contributed by atoms with Crippen molar-refractivity contribution in [2.75, 3.05) is 0 Å². The maximum absolute atomic E-state index is 12.2. The Labute approximate surface area is 153 Å². The Hall–Kier alpha value is -2.38. The van der Waals surface area contributed by atoms with Gasteiger partial charge in [0.25, 0.3) is 5.91 Å². The molecule has 0 spiro atoms. The second kappa shape index (κ2) is 7.67. The summed E-state index contributed by atoms with van der Waals surface area (Å²) in [7, 11) is 0. The molecule has 0 saturated heterocycles. The summed E-state index contributed by atoms with van der Waals surface area (Å²) < 4.78 is 10.8. The van der Waals surface area contributed by atoms with E-state index >= 15 is 0 Å². The zero-order valence-corrected chi connectivity index (χ0v) is 15.2. The lowest BCUT2D eigenvalue weighted by molar-refractivity contribution is -0.127. The van der Waals surface area contributed by atoms with E-state index in [9.17, 15) is 4.79 Å². The Balaban J connectivity index is 1.54.